The third kappa shape index (κ3) is 2.97. The van der Waals surface area contributed by atoms with Gasteiger partial charge in [-0.2, -0.15) is 0 Å². The summed E-state index contributed by atoms with van der Waals surface area (Å²) in [6.45, 7) is 4.69. The monoisotopic (exact) mass is 186 g/mol. The Bertz CT molecular complexity index is 182. The minimum absolute atomic E-state index is 0.0765. The minimum Gasteiger partial charge on any atom is -0.380 e. The number of carbonyl (C=O) groups is 1. The van der Waals surface area contributed by atoms with E-state index in [1.165, 1.54) is 0 Å². The van der Waals surface area contributed by atoms with E-state index in [1.54, 1.807) is 7.11 Å². The van der Waals surface area contributed by atoms with Gasteiger partial charge in [0.05, 0.1) is 12.1 Å². The standard InChI is InChI=1S/C9H18N2O2/c1-6(2)11-9(12)8-4-7(13-3)5-10-8/h6-8,10H,4-5H2,1-3H3,(H,11,12). The molecule has 1 rings (SSSR count). The van der Waals surface area contributed by atoms with Crippen molar-refractivity contribution in [3.8, 4) is 0 Å². The van der Waals surface area contributed by atoms with Gasteiger partial charge in [-0.15, -0.1) is 0 Å². The van der Waals surface area contributed by atoms with Crippen LogP contribution in [-0.2, 0) is 9.53 Å². The first-order chi connectivity index (χ1) is 6.13. The summed E-state index contributed by atoms with van der Waals surface area (Å²) in [7, 11) is 1.68. The summed E-state index contributed by atoms with van der Waals surface area (Å²) in [4.78, 5) is 11.5. The molecule has 0 aromatic rings. The van der Waals surface area contributed by atoms with Crippen LogP contribution in [-0.4, -0.2) is 37.7 Å². The molecule has 1 fully saturated rings. The smallest absolute Gasteiger partial charge is 0.237 e. The summed E-state index contributed by atoms with van der Waals surface area (Å²) < 4.78 is 5.15. The second-order valence-corrected chi connectivity index (χ2v) is 3.72. The van der Waals surface area contributed by atoms with E-state index in [1.807, 2.05) is 13.8 Å². The summed E-state index contributed by atoms with van der Waals surface area (Å²) in [5.74, 6) is 0.0783. The lowest BCUT2D eigenvalue weighted by atomic mass is 10.2. The summed E-state index contributed by atoms with van der Waals surface area (Å²) >= 11 is 0. The Morgan fingerprint density at radius 2 is 2.31 bits per heavy atom. The summed E-state index contributed by atoms with van der Waals surface area (Å²) in [6.07, 6.45) is 0.956. The number of carbonyl (C=O) groups excluding carboxylic acids is 1. The first kappa shape index (κ1) is 10.5. The van der Waals surface area contributed by atoms with Gasteiger partial charge < -0.3 is 15.4 Å². The number of amides is 1. The quantitative estimate of drug-likeness (QED) is 0.646. The van der Waals surface area contributed by atoms with E-state index in [0.29, 0.717) is 0 Å². The highest BCUT2D eigenvalue weighted by atomic mass is 16.5. The Kier molecular flexibility index (Phi) is 3.69. The zero-order valence-corrected chi connectivity index (χ0v) is 8.46. The Morgan fingerprint density at radius 3 is 2.77 bits per heavy atom. The molecule has 0 bridgehead atoms. The molecule has 2 N–H and O–H groups in total. The molecule has 2 atom stereocenters. The van der Waals surface area contributed by atoms with E-state index in [9.17, 15) is 4.79 Å². The minimum atomic E-state index is -0.0765. The molecule has 0 spiro atoms. The van der Waals surface area contributed by atoms with Crippen molar-refractivity contribution in [3.05, 3.63) is 0 Å². The fraction of sp³-hybridized carbons (Fsp3) is 0.889. The van der Waals surface area contributed by atoms with Crippen molar-refractivity contribution >= 4 is 5.91 Å². The maximum atomic E-state index is 11.5. The highest BCUT2D eigenvalue weighted by Gasteiger charge is 2.29. The zero-order valence-electron chi connectivity index (χ0n) is 8.46. The van der Waals surface area contributed by atoms with E-state index in [4.69, 9.17) is 4.74 Å². The van der Waals surface area contributed by atoms with Crippen LogP contribution >= 0.6 is 0 Å². The van der Waals surface area contributed by atoms with Crippen LogP contribution in [0.5, 0.6) is 0 Å². The first-order valence-corrected chi connectivity index (χ1v) is 4.70. The molecule has 0 aliphatic carbocycles. The molecule has 0 radical (unpaired) electrons. The van der Waals surface area contributed by atoms with Gasteiger partial charge in [0.15, 0.2) is 0 Å². The highest BCUT2D eigenvalue weighted by Crippen LogP contribution is 2.09. The molecule has 1 amide bonds. The molecule has 2 unspecified atom stereocenters. The number of ether oxygens (including phenoxy) is 1. The topological polar surface area (TPSA) is 50.4 Å². The van der Waals surface area contributed by atoms with Gasteiger partial charge in [0, 0.05) is 19.7 Å². The predicted molar refractivity (Wildman–Crippen MR) is 50.5 cm³/mol. The van der Waals surface area contributed by atoms with Gasteiger partial charge >= 0.3 is 0 Å². The Labute approximate surface area is 79.0 Å². The van der Waals surface area contributed by atoms with Crippen LogP contribution in [0.15, 0.2) is 0 Å². The van der Waals surface area contributed by atoms with Crippen LogP contribution in [0.25, 0.3) is 0 Å². The van der Waals surface area contributed by atoms with Gasteiger partial charge in [-0.25, -0.2) is 0 Å². The van der Waals surface area contributed by atoms with Crippen LogP contribution < -0.4 is 10.6 Å². The van der Waals surface area contributed by atoms with Gasteiger partial charge in [-0.05, 0) is 20.3 Å². The van der Waals surface area contributed by atoms with Gasteiger partial charge in [0.1, 0.15) is 0 Å². The van der Waals surface area contributed by atoms with Crippen molar-refractivity contribution in [1.29, 1.82) is 0 Å². The molecule has 0 aromatic heterocycles. The molecule has 1 saturated heterocycles. The lowest BCUT2D eigenvalue weighted by Crippen LogP contribution is -2.43. The van der Waals surface area contributed by atoms with Crippen LogP contribution in [0, 0.1) is 0 Å². The third-order valence-electron chi connectivity index (χ3n) is 2.17. The number of rotatable bonds is 3. The van der Waals surface area contributed by atoms with Crippen molar-refractivity contribution in [2.75, 3.05) is 13.7 Å². The van der Waals surface area contributed by atoms with Crippen molar-refractivity contribution < 1.29 is 9.53 Å². The molecular formula is C9H18N2O2. The van der Waals surface area contributed by atoms with E-state index < -0.39 is 0 Å². The number of methoxy groups -OCH3 is 1. The molecule has 4 nitrogen and oxygen atoms in total. The van der Waals surface area contributed by atoms with Crippen LogP contribution in [0.3, 0.4) is 0 Å². The van der Waals surface area contributed by atoms with Gasteiger partial charge in [-0.1, -0.05) is 0 Å². The number of nitrogens with one attached hydrogen (secondary N) is 2. The molecular weight excluding hydrogens is 168 g/mol. The van der Waals surface area contributed by atoms with Crippen molar-refractivity contribution in [3.63, 3.8) is 0 Å². The average Bonchev–Trinajstić information content (AvgIpc) is 2.50. The van der Waals surface area contributed by atoms with Crippen molar-refractivity contribution in [2.45, 2.75) is 38.5 Å². The highest BCUT2D eigenvalue weighted by molar-refractivity contribution is 5.82. The van der Waals surface area contributed by atoms with Gasteiger partial charge in [0.2, 0.25) is 5.91 Å². The predicted octanol–water partition coefficient (Wildman–Crippen LogP) is -0.112. The van der Waals surface area contributed by atoms with E-state index >= 15 is 0 Å². The lowest BCUT2D eigenvalue weighted by Gasteiger charge is -2.13. The number of hydrogen-bond acceptors (Lipinski definition) is 3. The Morgan fingerprint density at radius 1 is 1.62 bits per heavy atom. The largest absolute Gasteiger partial charge is 0.380 e. The van der Waals surface area contributed by atoms with E-state index in [-0.39, 0.29) is 24.1 Å². The number of hydrogen-bond donors (Lipinski definition) is 2. The van der Waals surface area contributed by atoms with Gasteiger partial charge in [0.25, 0.3) is 0 Å². The molecule has 76 valence electrons. The molecule has 0 aromatic carbocycles. The van der Waals surface area contributed by atoms with Crippen LogP contribution in [0.2, 0.25) is 0 Å². The van der Waals surface area contributed by atoms with Gasteiger partial charge in [-0.3, -0.25) is 4.79 Å². The molecule has 1 heterocycles. The fourth-order valence-corrected chi connectivity index (χ4v) is 1.47. The third-order valence-corrected chi connectivity index (χ3v) is 2.17. The van der Waals surface area contributed by atoms with Crippen molar-refractivity contribution in [1.82, 2.24) is 10.6 Å². The van der Waals surface area contributed by atoms with Crippen LogP contribution in [0.4, 0.5) is 0 Å². The summed E-state index contributed by atoms with van der Waals surface area (Å²) in [6, 6.07) is 0.128. The second kappa shape index (κ2) is 4.58. The first-order valence-electron chi connectivity index (χ1n) is 4.70. The SMILES string of the molecule is COC1CNC(C(=O)NC(C)C)C1. The van der Waals surface area contributed by atoms with Crippen LogP contribution in [0.1, 0.15) is 20.3 Å². The lowest BCUT2D eigenvalue weighted by molar-refractivity contribution is -0.123. The molecule has 0 saturated carbocycles. The van der Waals surface area contributed by atoms with Crippen molar-refractivity contribution in [2.24, 2.45) is 0 Å². The summed E-state index contributed by atoms with van der Waals surface area (Å²) in [5.41, 5.74) is 0. The molecule has 4 heteroatoms. The van der Waals surface area contributed by atoms with E-state index in [0.717, 1.165) is 13.0 Å². The fourth-order valence-electron chi connectivity index (χ4n) is 1.47. The molecule has 1 aliphatic heterocycles. The molecule has 1 aliphatic rings. The van der Waals surface area contributed by atoms with E-state index in [2.05, 4.69) is 10.6 Å². The maximum Gasteiger partial charge on any atom is 0.237 e. The average molecular weight is 186 g/mol. The summed E-state index contributed by atoms with van der Waals surface area (Å²) in [5, 5.41) is 6.00. The zero-order chi connectivity index (χ0) is 9.84. The Balaban J connectivity index is 2.33. The molecule has 13 heavy (non-hydrogen) atoms. The Hall–Kier alpha value is -0.610. The second-order valence-electron chi connectivity index (χ2n) is 3.72. The maximum absolute atomic E-state index is 11.5. The normalized spacial score (nSPS) is 28.0.